The number of amides is 1. The minimum absolute atomic E-state index is 0.0480. The Morgan fingerprint density at radius 1 is 1.03 bits per heavy atom. The molecule has 0 unspecified atom stereocenters. The van der Waals surface area contributed by atoms with Crippen LogP contribution in [0.4, 0.5) is 11.4 Å². The first kappa shape index (κ1) is 24.8. The van der Waals surface area contributed by atoms with E-state index in [1.807, 2.05) is 49.4 Å². The number of thioether (sulfide) groups is 1. The summed E-state index contributed by atoms with van der Waals surface area (Å²) < 4.78 is 33.9. The first-order valence-corrected chi connectivity index (χ1v) is 13.9. The largest absolute Gasteiger partial charge is 0.497 e. The summed E-state index contributed by atoms with van der Waals surface area (Å²) >= 11 is 1.14. The van der Waals surface area contributed by atoms with Gasteiger partial charge < -0.3 is 10.1 Å². The maximum Gasteiger partial charge on any atom is 0.268 e. The molecule has 5 rings (SSSR count). The minimum Gasteiger partial charge on any atom is -0.497 e. The number of carbonyl (C=O) groups excluding carboxylic acids is 1. The number of methoxy groups -OCH3 is 1. The first-order valence-electron chi connectivity index (χ1n) is 11.5. The van der Waals surface area contributed by atoms with Crippen molar-refractivity contribution < 1.29 is 17.9 Å². The maximum atomic E-state index is 13.7. The summed E-state index contributed by atoms with van der Waals surface area (Å²) in [5, 5.41) is 3.13. The molecule has 1 aliphatic rings. The van der Waals surface area contributed by atoms with Gasteiger partial charge in [-0.3, -0.25) is 9.10 Å². The van der Waals surface area contributed by atoms with E-state index in [9.17, 15) is 13.2 Å². The summed E-state index contributed by atoms with van der Waals surface area (Å²) in [5.41, 5.74) is 4.17. The normalized spacial score (nSPS) is 13.4. The van der Waals surface area contributed by atoms with E-state index in [0.29, 0.717) is 33.5 Å². The van der Waals surface area contributed by atoms with Crippen molar-refractivity contribution in [1.82, 2.24) is 9.97 Å². The molecule has 0 spiro atoms. The molecule has 1 aliphatic heterocycles. The number of rotatable bonds is 7. The highest BCUT2D eigenvalue weighted by atomic mass is 32.2. The number of aryl methyl sites for hydroxylation is 1. The van der Waals surface area contributed by atoms with Crippen LogP contribution in [0.2, 0.25) is 0 Å². The highest BCUT2D eigenvalue weighted by molar-refractivity contribution is 7.99. The Morgan fingerprint density at radius 3 is 2.51 bits per heavy atom. The second kappa shape index (κ2) is 10.2. The molecule has 0 bridgehead atoms. The van der Waals surface area contributed by atoms with Crippen molar-refractivity contribution in [3.63, 3.8) is 0 Å². The molecular weight excluding hydrogens is 508 g/mol. The smallest absolute Gasteiger partial charge is 0.268 e. The Labute approximate surface area is 219 Å². The van der Waals surface area contributed by atoms with Gasteiger partial charge in [0, 0.05) is 11.3 Å². The Hall–Kier alpha value is -3.89. The molecule has 3 aromatic carbocycles. The number of ether oxygens (including phenoxy) is 1. The van der Waals surface area contributed by atoms with Crippen molar-refractivity contribution in [1.29, 1.82) is 0 Å². The Bertz CT molecular complexity index is 1570. The zero-order chi connectivity index (χ0) is 26.0. The topological polar surface area (TPSA) is 101 Å². The molecule has 0 saturated carbocycles. The molecule has 1 amide bonds. The SMILES string of the molecule is COc1ccc(NC(=O)CSc2ncc3c(n2)-c2ccccc2N(Cc2ccccc2C)S3(=O)=O)cc1. The van der Waals surface area contributed by atoms with E-state index in [-0.39, 0.29) is 23.1 Å². The van der Waals surface area contributed by atoms with Crippen LogP contribution in [0.25, 0.3) is 11.3 Å². The molecule has 0 radical (unpaired) electrons. The lowest BCUT2D eigenvalue weighted by molar-refractivity contribution is -0.113. The number of hydrogen-bond donors (Lipinski definition) is 1. The fourth-order valence-electron chi connectivity index (χ4n) is 4.06. The average molecular weight is 533 g/mol. The molecule has 1 aromatic heterocycles. The third kappa shape index (κ3) is 5.03. The van der Waals surface area contributed by atoms with Crippen LogP contribution in [0, 0.1) is 6.92 Å². The number of nitrogens with zero attached hydrogens (tertiary/aromatic N) is 3. The molecule has 188 valence electrons. The Morgan fingerprint density at radius 2 is 1.76 bits per heavy atom. The predicted molar refractivity (Wildman–Crippen MR) is 144 cm³/mol. The van der Waals surface area contributed by atoms with Crippen LogP contribution in [-0.2, 0) is 21.4 Å². The van der Waals surface area contributed by atoms with Gasteiger partial charge in [0.15, 0.2) is 5.16 Å². The second-order valence-corrected chi connectivity index (χ2v) is 11.2. The van der Waals surface area contributed by atoms with Gasteiger partial charge >= 0.3 is 0 Å². The van der Waals surface area contributed by atoms with Gasteiger partial charge in [-0.15, -0.1) is 0 Å². The molecule has 2 heterocycles. The van der Waals surface area contributed by atoms with E-state index in [0.717, 1.165) is 22.9 Å². The highest BCUT2D eigenvalue weighted by Crippen LogP contribution is 2.43. The number of fused-ring (bicyclic) bond motifs is 3. The number of benzene rings is 3. The number of hydrogen-bond acceptors (Lipinski definition) is 7. The molecule has 10 heteroatoms. The van der Waals surface area contributed by atoms with Crippen LogP contribution < -0.4 is 14.4 Å². The van der Waals surface area contributed by atoms with Gasteiger partial charge in [-0.25, -0.2) is 18.4 Å². The molecule has 37 heavy (non-hydrogen) atoms. The zero-order valence-electron chi connectivity index (χ0n) is 20.2. The average Bonchev–Trinajstić information content (AvgIpc) is 2.91. The van der Waals surface area contributed by atoms with Crippen LogP contribution in [0.15, 0.2) is 89.0 Å². The second-order valence-electron chi connectivity index (χ2n) is 8.39. The molecular formula is C27H24N4O4S2. The minimum atomic E-state index is -3.90. The van der Waals surface area contributed by atoms with Crippen molar-refractivity contribution in [2.24, 2.45) is 0 Å². The lowest BCUT2D eigenvalue weighted by Crippen LogP contribution is -2.34. The van der Waals surface area contributed by atoms with Gasteiger partial charge in [0.05, 0.1) is 37.0 Å². The summed E-state index contributed by atoms with van der Waals surface area (Å²) in [5.74, 6) is 0.537. The third-order valence-electron chi connectivity index (χ3n) is 6.01. The van der Waals surface area contributed by atoms with Gasteiger partial charge in [0.25, 0.3) is 10.0 Å². The molecule has 0 aliphatic carbocycles. The van der Waals surface area contributed by atoms with E-state index in [2.05, 4.69) is 15.3 Å². The highest BCUT2D eigenvalue weighted by Gasteiger charge is 2.36. The van der Waals surface area contributed by atoms with E-state index in [1.165, 1.54) is 10.5 Å². The summed E-state index contributed by atoms with van der Waals surface area (Å²) in [4.78, 5) is 21.3. The quantitative estimate of drug-likeness (QED) is 0.267. The van der Waals surface area contributed by atoms with Crippen molar-refractivity contribution >= 4 is 39.1 Å². The first-order chi connectivity index (χ1) is 17.9. The third-order valence-corrected chi connectivity index (χ3v) is 8.63. The molecule has 4 aromatic rings. The number of para-hydroxylation sites is 1. The number of aromatic nitrogens is 2. The fourth-order valence-corrected chi connectivity index (χ4v) is 6.23. The van der Waals surface area contributed by atoms with E-state index in [1.54, 1.807) is 37.4 Å². The van der Waals surface area contributed by atoms with Crippen molar-refractivity contribution in [3.8, 4) is 17.0 Å². The summed E-state index contributed by atoms with van der Waals surface area (Å²) in [6, 6.07) is 22.0. The van der Waals surface area contributed by atoms with Gasteiger partial charge in [-0.1, -0.05) is 54.2 Å². The lowest BCUT2D eigenvalue weighted by atomic mass is 10.1. The van der Waals surface area contributed by atoms with E-state index in [4.69, 9.17) is 4.74 Å². The van der Waals surface area contributed by atoms with Crippen molar-refractivity contribution in [3.05, 3.63) is 90.1 Å². The van der Waals surface area contributed by atoms with Gasteiger partial charge in [0.1, 0.15) is 10.6 Å². The van der Waals surface area contributed by atoms with Gasteiger partial charge in [0.2, 0.25) is 5.91 Å². The zero-order valence-corrected chi connectivity index (χ0v) is 21.8. The van der Waals surface area contributed by atoms with Gasteiger partial charge in [-0.05, 0) is 48.4 Å². The van der Waals surface area contributed by atoms with E-state index < -0.39 is 10.0 Å². The molecule has 0 atom stereocenters. The fraction of sp³-hybridized carbons (Fsp3) is 0.148. The van der Waals surface area contributed by atoms with Crippen molar-refractivity contribution in [2.45, 2.75) is 23.5 Å². The van der Waals surface area contributed by atoms with Crippen LogP contribution >= 0.6 is 11.8 Å². The number of anilines is 2. The summed E-state index contributed by atoms with van der Waals surface area (Å²) in [7, 11) is -2.32. The molecule has 1 N–H and O–H groups in total. The van der Waals surface area contributed by atoms with Crippen LogP contribution in [-0.4, -0.2) is 37.2 Å². The van der Waals surface area contributed by atoms with E-state index >= 15 is 0 Å². The molecule has 8 nitrogen and oxygen atoms in total. The number of nitrogens with one attached hydrogen (secondary N) is 1. The summed E-state index contributed by atoms with van der Waals surface area (Å²) in [6.45, 7) is 2.16. The number of sulfonamides is 1. The predicted octanol–water partition coefficient (Wildman–Crippen LogP) is 4.90. The maximum absolute atomic E-state index is 13.7. The summed E-state index contributed by atoms with van der Waals surface area (Å²) in [6.07, 6.45) is 1.34. The molecule has 0 saturated heterocycles. The van der Waals surface area contributed by atoms with Crippen LogP contribution in [0.3, 0.4) is 0 Å². The lowest BCUT2D eigenvalue weighted by Gasteiger charge is -2.31. The Balaban J connectivity index is 1.39. The number of carbonyl (C=O) groups is 1. The Kier molecular flexibility index (Phi) is 6.86. The molecule has 0 fully saturated rings. The van der Waals surface area contributed by atoms with Crippen LogP contribution in [0.5, 0.6) is 5.75 Å². The standard InChI is InChI=1S/C27H24N4O4S2/c1-18-7-3-4-8-19(18)16-31-23-10-6-5-9-22(23)26-24(37(31,33)34)15-28-27(30-26)36-17-25(32)29-20-11-13-21(35-2)14-12-20/h3-15H,16-17H2,1-2H3,(H,29,32). The van der Waals surface area contributed by atoms with Crippen molar-refractivity contribution in [2.75, 3.05) is 22.5 Å². The monoisotopic (exact) mass is 532 g/mol. The van der Waals surface area contributed by atoms with Crippen LogP contribution in [0.1, 0.15) is 11.1 Å². The van der Waals surface area contributed by atoms with Gasteiger partial charge in [-0.2, -0.15) is 0 Å².